The first-order valence-electron chi connectivity index (χ1n) is 11.6. The maximum atomic E-state index is 10.3. The van der Waals surface area contributed by atoms with Gasteiger partial charge < -0.3 is 4.80 Å². The molecule has 0 spiro atoms. The Morgan fingerprint density at radius 1 is 0.577 bits per heavy atom. The molecule has 0 fully saturated rings. The molecule has 0 aliphatic carbocycles. The van der Waals surface area contributed by atoms with Crippen LogP contribution in [0.3, 0.4) is 0 Å². The zero-order chi connectivity index (χ0) is 18.7. The summed E-state index contributed by atoms with van der Waals surface area (Å²) >= 11 is 0. The number of hydrogen-bond acceptors (Lipinski definition) is 1. The average Bonchev–Trinajstić information content (AvgIpc) is 2.68. The lowest BCUT2D eigenvalue weighted by Gasteiger charge is -2.08. The largest absolute Gasteiger partial charge is 0.430 e. The molecule has 0 saturated carbocycles. The quantitative estimate of drug-likeness (QED) is 0.219. The van der Waals surface area contributed by atoms with E-state index < -0.39 is 9.04 Å². The molecule has 1 aromatic rings. The summed E-state index contributed by atoms with van der Waals surface area (Å²) in [7, 11) is -1.65. The minimum atomic E-state index is -1.65. The minimum absolute atomic E-state index is 1.04. The fourth-order valence-corrected chi connectivity index (χ4v) is 5.40. The first-order chi connectivity index (χ1) is 12.8. The van der Waals surface area contributed by atoms with Gasteiger partial charge in [-0.25, -0.2) is 0 Å². The SMILES string of the molecule is CCCCCCCCCCCCCCCCCC[SiH](O)c1ccccc1. The summed E-state index contributed by atoms with van der Waals surface area (Å²) in [5.41, 5.74) is 0. The Morgan fingerprint density at radius 3 is 1.38 bits per heavy atom. The maximum absolute atomic E-state index is 10.3. The zero-order valence-corrected chi connectivity index (χ0v) is 18.6. The van der Waals surface area contributed by atoms with Gasteiger partial charge in [0.2, 0.25) is 9.04 Å². The van der Waals surface area contributed by atoms with Crippen molar-refractivity contribution in [2.45, 2.75) is 116 Å². The fraction of sp³-hybridized carbons (Fsp3) is 0.750. The number of benzene rings is 1. The van der Waals surface area contributed by atoms with Crippen molar-refractivity contribution in [3.05, 3.63) is 30.3 Å². The van der Waals surface area contributed by atoms with Gasteiger partial charge in [-0.3, -0.25) is 0 Å². The van der Waals surface area contributed by atoms with Crippen molar-refractivity contribution >= 4 is 14.2 Å². The lowest BCUT2D eigenvalue weighted by molar-refractivity contribution is 0.529. The Balaban J connectivity index is 1.76. The normalized spacial score (nSPS) is 12.4. The van der Waals surface area contributed by atoms with E-state index in [0.717, 1.165) is 6.04 Å². The molecule has 26 heavy (non-hydrogen) atoms. The van der Waals surface area contributed by atoms with Crippen molar-refractivity contribution < 1.29 is 4.80 Å². The fourth-order valence-electron chi connectivity index (χ4n) is 3.73. The molecular formula is C24H44OSi. The van der Waals surface area contributed by atoms with E-state index in [0.29, 0.717) is 0 Å². The van der Waals surface area contributed by atoms with E-state index in [2.05, 4.69) is 19.1 Å². The van der Waals surface area contributed by atoms with Gasteiger partial charge >= 0.3 is 0 Å². The van der Waals surface area contributed by atoms with Gasteiger partial charge in [0.1, 0.15) is 0 Å². The van der Waals surface area contributed by atoms with Crippen LogP contribution in [-0.2, 0) is 0 Å². The van der Waals surface area contributed by atoms with Crippen LogP contribution in [0, 0.1) is 0 Å². The minimum Gasteiger partial charge on any atom is -0.430 e. The molecule has 0 radical (unpaired) electrons. The van der Waals surface area contributed by atoms with E-state index in [9.17, 15) is 4.80 Å². The summed E-state index contributed by atoms with van der Waals surface area (Å²) in [5, 5.41) is 1.20. The summed E-state index contributed by atoms with van der Waals surface area (Å²) < 4.78 is 0. The molecule has 0 aliphatic rings. The van der Waals surface area contributed by atoms with Crippen LogP contribution in [-0.4, -0.2) is 13.8 Å². The standard InChI is InChI=1S/C24H44OSi/c1-2-3-4-5-6-7-8-9-10-11-12-13-14-15-16-20-23-26(25)24-21-18-17-19-22-24/h17-19,21-22,25-26H,2-16,20,23H2,1H3. The molecule has 1 nitrogen and oxygen atoms in total. The topological polar surface area (TPSA) is 20.2 Å². The van der Waals surface area contributed by atoms with Crippen LogP contribution >= 0.6 is 0 Å². The first-order valence-corrected chi connectivity index (χ1v) is 13.5. The lowest BCUT2D eigenvalue weighted by atomic mass is 10.0. The average molecular weight is 377 g/mol. The molecule has 1 unspecified atom stereocenters. The van der Waals surface area contributed by atoms with E-state index >= 15 is 0 Å². The monoisotopic (exact) mass is 376 g/mol. The van der Waals surface area contributed by atoms with Crippen LogP contribution in [0.2, 0.25) is 6.04 Å². The highest BCUT2D eigenvalue weighted by Crippen LogP contribution is 2.14. The third-order valence-corrected chi connectivity index (χ3v) is 7.63. The van der Waals surface area contributed by atoms with Crippen molar-refractivity contribution in [3.8, 4) is 0 Å². The van der Waals surface area contributed by atoms with Crippen molar-refractivity contribution in [2.24, 2.45) is 0 Å². The maximum Gasteiger partial charge on any atom is 0.204 e. The number of rotatable bonds is 18. The van der Waals surface area contributed by atoms with Crippen LogP contribution in [0.5, 0.6) is 0 Å². The molecule has 0 aliphatic heterocycles. The van der Waals surface area contributed by atoms with Crippen LogP contribution in [0.1, 0.15) is 110 Å². The highest BCUT2D eigenvalue weighted by molar-refractivity contribution is 6.66. The molecule has 0 aromatic heterocycles. The van der Waals surface area contributed by atoms with E-state index in [1.807, 2.05) is 18.2 Å². The van der Waals surface area contributed by atoms with Gasteiger partial charge in [0.05, 0.1) is 0 Å². The summed E-state index contributed by atoms with van der Waals surface area (Å²) in [6.07, 6.45) is 22.5. The van der Waals surface area contributed by atoms with Crippen LogP contribution in [0.15, 0.2) is 30.3 Å². The van der Waals surface area contributed by atoms with Crippen molar-refractivity contribution in [3.63, 3.8) is 0 Å². The summed E-state index contributed by atoms with van der Waals surface area (Å²) in [5.74, 6) is 0. The number of unbranched alkanes of at least 4 members (excludes halogenated alkanes) is 15. The van der Waals surface area contributed by atoms with E-state index in [1.165, 1.54) is 108 Å². The second-order valence-electron chi connectivity index (χ2n) is 8.02. The molecule has 1 aromatic carbocycles. The van der Waals surface area contributed by atoms with E-state index in [4.69, 9.17) is 0 Å². The van der Waals surface area contributed by atoms with Gasteiger partial charge in [0, 0.05) is 0 Å². The van der Waals surface area contributed by atoms with Gasteiger partial charge in [0.25, 0.3) is 0 Å². The van der Waals surface area contributed by atoms with Crippen molar-refractivity contribution in [1.29, 1.82) is 0 Å². The molecule has 2 heteroatoms. The Hall–Kier alpha value is -0.603. The van der Waals surface area contributed by atoms with Crippen LogP contribution in [0.25, 0.3) is 0 Å². The predicted molar refractivity (Wildman–Crippen MR) is 120 cm³/mol. The predicted octanol–water partition coefficient (Wildman–Crippen LogP) is 6.87. The molecule has 1 rings (SSSR count). The van der Waals surface area contributed by atoms with Gasteiger partial charge in [-0.15, -0.1) is 0 Å². The second-order valence-corrected chi connectivity index (χ2v) is 10.3. The van der Waals surface area contributed by atoms with Gasteiger partial charge in [-0.05, 0) is 11.2 Å². The van der Waals surface area contributed by atoms with Gasteiger partial charge in [-0.1, -0.05) is 140 Å². The van der Waals surface area contributed by atoms with Crippen LogP contribution in [0.4, 0.5) is 0 Å². The van der Waals surface area contributed by atoms with Crippen molar-refractivity contribution in [2.75, 3.05) is 0 Å². The molecule has 0 amide bonds. The molecular weight excluding hydrogens is 332 g/mol. The molecule has 0 bridgehead atoms. The number of hydrogen-bond donors (Lipinski definition) is 1. The molecule has 1 atom stereocenters. The smallest absolute Gasteiger partial charge is 0.204 e. The summed E-state index contributed by atoms with van der Waals surface area (Å²) in [6.45, 7) is 2.29. The molecule has 0 heterocycles. The van der Waals surface area contributed by atoms with Crippen LogP contribution < -0.4 is 5.19 Å². The molecule has 150 valence electrons. The van der Waals surface area contributed by atoms with Crippen molar-refractivity contribution in [1.82, 2.24) is 0 Å². The Labute approximate surface area is 165 Å². The lowest BCUT2D eigenvalue weighted by Crippen LogP contribution is -2.29. The highest BCUT2D eigenvalue weighted by atomic mass is 28.3. The zero-order valence-electron chi connectivity index (χ0n) is 17.4. The van der Waals surface area contributed by atoms with Gasteiger partial charge in [0.15, 0.2) is 0 Å². The second kappa shape index (κ2) is 17.8. The van der Waals surface area contributed by atoms with E-state index in [1.54, 1.807) is 0 Å². The summed E-state index contributed by atoms with van der Waals surface area (Å²) in [6, 6.07) is 11.3. The third kappa shape index (κ3) is 13.6. The Kier molecular flexibility index (Phi) is 16.0. The van der Waals surface area contributed by atoms with Gasteiger partial charge in [-0.2, -0.15) is 0 Å². The third-order valence-electron chi connectivity index (χ3n) is 5.52. The first kappa shape index (κ1) is 23.4. The highest BCUT2D eigenvalue weighted by Gasteiger charge is 2.08. The molecule has 1 N–H and O–H groups in total. The van der Waals surface area contributed by atoms with E-state index in [-0.39, 0.29) is 0 Å². The Bertz CT molecular complexity index is 392. The Morgan fingerprint density at radius 2 is 0.962 bits per heavy atom. The molecule has 0 saturated heterocycles. The summed E-state index contributed by atoms with van der Waals surface area (Å²) in [4.78, 5) is 10.3.